The molecule has 1 saturated heterocycles. The summed E-state index contributed by atoms with van der Waals surface area (Å²) in [5, 5.41) is 7.22. The van der Waals surface area contributed by atoms with Crippen molar-refractivity contribution in [3.8, 4) is 0 Å². The van der Waals surface area contributed by atoms with Crippen LogP contribution in [0.1, 0.15) is 18.4 Å². The zero-order valence-corrected chi connectivity index (χ0v) is 20.0. The first-order valence-corrected chi connectivity index (χ1v) is 12.5. The van der Waals surface area contributed by atoms with Crippen molar-refractivity contribution >= 4 is 62.5 Å². The third-order valence-electron chi connectivity index (χ3n) is 5.92. The highest BCUT2D eigenvalue weighted by Gasteiger charge is 2.58. The second kappa shape index (κ2) is 8.61. The van der Waals surface area contributed by atoms with Crippen molar-refractivity contribution < 1.29 is 13.2 Å². The molecule has 2 aromatic carbocycles. The molecule has 2 aromatic rings. The van der Waals surface area contributed by atoms with Crippen LogP contribution in [0.15, 0.2) is 41.3 Å². The highest BCUT2D eigenvalue weighted by Crippen LogP contribution is 2.50. The Bertz CT molecular complexity index is 1140. The first-order valence-electron chi connectivity index (χ1n) is 9.54. The average molecular weight is 523 g/mol. The van der Waals surface area contributed by atoms with Gasteiger partial charge in [0.25, 0.3) is 0 Å². The summed E-state index contributed by atoms with van der Waals surface area (Å²) < 4.78 is 27.2. The van der Waals surface area contributed by atoms with Crippen molar-refractivity contribution in [2.45, 2.75) is 30.3 Å². The fraction of sp³-hybridized carbons (Fsp3) is 0.350. The van der Waals surface area contributed by atoms with E-state index in [1.165, 1.54) is 22.5 Å². The summed E-state index contributed by atoms with van der Waals surface area (Å²) in [4.78, 5) is 12.4. The van der Waals surface area contributed by atoms with Gasteiger partial charge in [0.15, 0.2) is 0 Å². The molecule has 2 N–H and O–H groups in total. The van der Waals surface area contributed by atoms with Gasteiger partial charge in [0.1, 0.15) is 4.90 Å². The van der Waals surface area contributed by atoms with E-state index in [1.807, 2.05) is 0 Å². The molecule has 2 amide bonds. The highest BCUT2D eigenvalue weighted by molar-refractivity contribution is 7.89. The zero-order valence-electron chi connectivity index (χ0n) is 16.2. The van der Waals surface area contributed by atoms with Crippen LogP contribution in [0.3, 0.4) is 0 Å². The van der Waals surface area contributed by atoms with E-state index in [9.17, 15) is 13.2 Å². The van der Waals surface area contributed by atoms with Crippen LogP contribution in [0.25, 0.3) is 0 Å². The van der Waals surface area contributed by atoms with Gasteiger partial charge in [0.05, 0.1) is 5.02 Å². The number of sulfonamides is 1. The maximum Gasteiger partial charge on any atom is 0.315 e. The Morgan fingerprint density at radius 1 is 1.03 bits per heavy atom. The average Bonchev–Trinajstić information content (AvgIpc) is 2.63. The lowest BCUT2D eigenvalue weighted by atomic mass is 9.60. The number of hydrogen-bond acceptors (Lipinski definition) is 3. The van der Waals surface area contributed by atoms with Crippen molar-refractivity contribution in [3.63, 3.8) is 0 Å². The first-order chi connectivity index (χ1) is 14.6. The summed E-state index contributed by atoms with van der Waals surface area (Å²) >= 11 is 24.0. The smallest absolute Gasteiger partial charge is 0.315 e. The molecule has 166 valence electrons. The molecule has 1 atom stereocenters. The predicted octanol–water partition coefficient (Wildman–Crippen LogP) is 4.95. The number of halogens is 4. The Morgan fingerprint density at radius 3 is 2.26 bits per heavy atom. The van der Waals surface area contributed by atoms with Gasteiger partial charge in [-0.25, -0.2) is 13.2 Å². The molecule has 0 unspecified atom stereocenters. The zero-order chi connectivity index (χ0) is 22.4. The third kappa shape index (κ3) is 4.49. The minimum atomic E-state index is -3.71. The predicted molar refractivity (Wildman–Crippen MR) is 123 cm³/mol. The Hall–Kier alpha value is -1.22. The number of nitrogens with zero attached hydrogens (tertiary/aromatic N) is 1. The summed E-state index contributed by atoms with van der Waals surface area (Å²) in [5.74, 6) is 0. The molecular formula is C20H19Cl4N3O3S. The standard InChI is InChI=1S/C20H19Cl4N3O3S/c21-13-2-1-12(15(23)7-13)9-25-19(28)26-18-5-6-20(18)10-27(11-20)31(29,30)17-4-3-14(22)8-16(17)24/h1-4,7-8,18H,5-6,9-11H2,(H2,25,26,28)/t18-/m0/s1. The van der Waals surface area contributed by atoms with Gasteiger partial charge in [-0.2, -0.15) is 4.31 Å². The third-order valence-corrected chi connectivity index (χ3v) is 9.02. The summed E-state index contributed by atoms with van der Waals surface area (Å²) in [7, 11) is -3.71. The lowest BCUT2D eigenvalue weighted by Gasteiger charge is -2.59. The van der Waals surface area contributed by atoms with Gasteiger partial charge < -0.3 is 10.6 Å². The number of rotatable bonds is 5. The van der Waals surface area contributed by atoms with E-state index in [4.69, 9.17) is 46.4 Å². The van der Waals surface area contributed by atoms with Crippen molar-refractivity contribution in [1.29, 1.82) is 0 Å². The van der Waals surface area contributed by atoms with E-state index >= 15 is 0 Å². The highest BCUT2D eigenvalue weighted by atomic mass is 35.5. The van der Waals surface area contributed by atoms with Crippen LogP contribution in [0.5, 0.6) is 0 Å². The van der Waals surface area contributed by atoms with Crippen LogP contribution < -0.4 is 10.6 Å². The number of carbonyl (C=O) groups is 1. The van der Waals surface area contributed by atoms with Gasteiger partial charge in [-0.1, -0.05) is 52.5 Å². The fourth-order valence-corrected chi connectivity index (χ4v) is 6.85. The van der Waals surface area contributed by atoms with Crippen LogP contribution in [0, 0.1) is 5.41 Å². The molecule has 31 heavy (non-hydrogen) atoms. The van der Waals surface area contributed by atoms with Crippen LogP contribution in [0.2, 0.25) is 20.1 Å². The lowest BCUT2D eigenvalue weighted by molar-refractivity contribution is -0.0418. The van der Waals surface area contributed by atoms with Gasteiger partial charge >= 0.3 is 6.03 Å². The molecule has 11 heteroatoms. The monoisotopic (exact) mass is 521 g/mol. The summed E-state index contributed by atoms with van der Waals surface area (Å²) in [6, 6.07) is 8.99. The van der Waals surface area contributed by atoms with E-state index in [1.54, 1.807) is 18.2 Å². The van der Waals surface area contributed by atoms with Crippen molar-refractivity contribution in [3.05, 3.63) is 62.1 Å². The van der Waals surface area contributed by atoms with Crippen LogP contribution in [-0.4, -0.2) is 37.9 Å². The SMILES string of the molecule is O=C(NCc1ccc(Cl)cc1Cl)N[C@H]1CCC12CN(S(=O)(=O)c1ccc(Cl)cc1Cl)C2. The van der Waals surface area contributed by atoms with E-state index < -0.39 is 10.0 Å². The maximum atomic E-state index is 12.9. The molecule has 4 rings (SSSR count). The number of amides is 2. The van der Waals surface area contributed by atoms with Gasteiger partial charge in [0.2, 0.25) is 10.0 Å². The second-order valence-electron chi connectivity index (χ2n) is 7.86. The summed E-state index contributed by atoms with van der Waals surface area (Å²) in [5.41, 5.74) is 0.506. The van der Waals surface area contributed by atoms with Gasteiger partial charge in [-0.3, -0.25) is 0 Å². The quantitative estimate of drug-likeness (QED) is 0.583. The molecule has 0 aromatic heterocycles. The number of urea groups is 1. The summed E-state index contributed by atoms with van der Waals surface area (Å²) in [6.07, 6.45) is 1.64. The molecule has 6 nitrogen and oxygen atoms in total. The molecule has 1 aliphatic carbocycles. The second-order valence-corrected chi connectivity index (χ2v) is 11.5. The molecule has 2 fully saturated rings. The number of carbonyl (C=O) groups excluding carboxylic acids is 1. The molecule has 1 aliphatic heterocycles. The number of benzene rings is 2. The maximum absolute atomic E-state index is 12.9. The van der Waals surface area contributed by atoms with E-state index in [-0.39, 0.29) is 34.0 Å². The van der Waals surface area contributed by atoms with Gasteiger partial charge in [0, 0.05) is 46.2 Å². The lowest BCUT2D eigenvalue weighted by Crippen LogP contribution is -2.71. The van der Waals surface area contributed by atoms with Crippen molar-refractivity contribution in [2.75, 3.05) is 13.1 Å². The van der Waals surface area contributed by atoms with Crippen molar-refractivity contribution in [2.24, 2.45) is 5.41 Å². The minimum Gasteiger partial charge on any atom is -0.335 e. The number of nitrogens with one attached hydrogen (secondary N) is 2. The molecule has 0 bridgehead atoms. The van der Waals surface area contributed by atoms with E-state index in [0.29, 0.717) is 28.2 Å². The first kappa shape index (κ1) is 23.0. The van der Waals surface area contributed by atoms with Crippen LogP contribution in [0.4, 0.5) is 4.79 Å². The Labute approximate surface area is 200 Å². The number of hydrogen-bond donors (Lipinski definition) is 2. The molecule has 1 spiro atoms. The largest absolute Gasteiger partial charge is 0.335 e. The topological polar surface area (TPSA) is 78.5 Å². The summed E-state index contributed by atoms with van der Waals surface area (Å²) in [6.45, 7) is 0.932. The van der Waals surface area contributed by atoms with E-state index in [2.05, 4.69) is 10.6 Å². The van der Waals surface area contributed by atoms with Crippen LogP contribution in [-0.2, 0) is 16.6 Å². The van der Waals surface area contributed by atoms with E-state index in [0.717, 1.165) is 18.4 Å². The molecular weight excluding hydrogens is 504 g/mol. The normalized spacial score (nSPS) is 20.1. The minimum absolute atomic E-state index is 0.0369. The fourth-order valence-electron chi connectivity index (χ4n) is 4.00. The van der Waals surface area contributed by atoms with Gasteiger partial charge in [-0.15, -0.1) is 0 Å². The van der Waals surface area contributed by atoms with Crippen molar-refractivity contribution in [1.82, 2.24) is 14.9 Å². The Balaban J connectivity index is 1.33. The molecule has 0 radical (unpaired) electrons. The van der Waals surface area contributed by atoms with Gasteiger partial charge in [-0.05, 0) is 48.7 Å². The van der Waals surface area contributed by atoms with Crippen LogP contribution >= 0.6 is 46.4 Å². The molecule has 1 saturated carbocycles. The molecule has 1 heterocycles. The Morgan fingerprint density at radius 2 is 1.68 bits per heavy atom. The Kier molecular flexibility index (Phi) is 6.38. The molecule has 2 aliphatic rings.